The van der Waals surface area contributed by atoms with Crippen LogP contribution in [0, 0.1) is 0 Å². The van der Waals surface area contributed by atoms with Gasteiger partial charge >= 0.3 is 0 Å². The molecule has 2 heteroatoms. The van der Waals surface area contributed by atoms with Gasteiger partial charge in [-0.2, -0.15) is 0 Å². The molecule has 0 aliphatic heterocycles. The largest absolute Gasteiger partial charge is 0.455 e. The fraction of sp³-hybridized carbons (Fsp3) is 0. The fourth-order valence-electron chi connectivity index (χ4n) is 8.37. The molecule has 0 unspecified atom stereocenters. The first-order valence-corrected chi connectivity index (χ1v) is 19.2. The van der Waals surface area contributed by atoms with Gasteiger partial charge in [0.15, 0.2) is 0 Å². The lowest BCUT2D eigenvalue weighted by molar-refractivity contribution is 0.672. The molecule has 2 nitrogen and oxygen atoms in total. The Labute approximate surface area is 325 Å². The minimum Gasteiger partial charge on any atom is -0.455 e. The lowest BCUT2D eigenvalue weighted by atomic mass is 9.97. The first-order valence-electron chi connectivity index (χ1n) is 19.2. The van der Waals surface area contributed by atoms with Crippen molar-refractivity contribution >= 4 is 71.3 Å². The molecule has 0 amide bonds. The SMILES string of the molecule is c1cc(-c2ccc(N(c3ccc(-c4ccc5ccccc5c4)cc3)c3cccc4oc5c6ccccc6ccc5c34)cc2)cc(-c2ccc3ccccc3c2)c1. The highest BCUT2D eigenvalue weighted by Crippen LogP contribution is 2.45. The number of hydrogen-bond donors (Lipinski definition) is 0. The number of anilines is 3. The summed E-state index contributed by atoms with van der Waals surface area (Å²) < 4.78 is 6.66. The zero-order chi connectivity index (χ0) is 37.0. The summed E-state index contributed by atoms with van der Waals surface area (Å²) in [5.41, 5.74) is 12.2. The van der Waals surface area contributed by atoms with E-state index >= 15 is 0 Å². The van der Waals surface area contributed by atoms with Crippen LogP contribution in [0.1, 0.15) is 0 Å². The van der Waals surface area contributed by atoms with E-state index < -0.39 is 0 Å². The van der Waals surface area contributed by atoms with Crippen molar-refractivity contribution in [2.24, 2.45) is 0 Å². The van der Waals surface area contributed by atoms with Crippen molar-refractivity contribution in [1.29, 1.82) is 0 Å². The van der Waals surface area contributed by atoms with Crippen molar-refractivity contribution in [2.75, 3.05) is 4.90 Å². The minimum absolute atomic E-state index is 0.869. The average Bonchev–Trinajstić information content (AvgIpc) is 3.67. The van der Waals surface area contributed by atoms with Gasteiger partial charge in [0, 0.05) is 22.1 Å². The van der Waals surface area contributed by atoms with Crippen molar-refractivity contribution in [1.82, 2.24) is 0 Å². The Morgan fingerprint density at radius 1 is 0.304 bits per heavy atom. The number of nitrogens with zero attached hydrogens (tertiary/aromatic N) is 1. The van der Waals surface area contributed by atoms with Crippen LogP contribution in [0.5, 0.6) is 0 Å². The van der Waals surface area contributed by atoms with E-state index in [2.05, 4.69) is 217 Å². The summed E-state index contributed by atoms with van der Waals surface area (Å²) in [5.74, 6) is 0. The predicted molar refractivity (Wildman–Crippen MR) is 237 cm³/mol. The number of hydrogen-bond acceptors (Lipinski definition) is 2. The normalized spacial score (nSPS) is 11.6. The molecule has 0 fully saturated rings. The van der Waals surface area contributed by atoms with Crippen molar-refractivity contribution in [3.63, 3.8) is 0 Å². The molecule has 10 aromatic carbocycles. The molecule has 56 heavy (non-hydrogen) atoms. The van der Waals surface area contributed by atoms with Crippen LogP contribution in [-0.2, 0) is 0 Å². The summed E-state index contributed by atoms with van der Waals surface area (Å²) in [5, 5.41) is 9.48. The van der Waals surface area contributed by atoms with Crippen LogP contribution >= 0.6 is 0 Å². The Morgan fingerprint density at radius 3 is 1.43 bits per heavy atom. The van der Waals surface area contributed by atoms with Crippen molar-refractivity contribution < 1.29 is 4.42 Å². The molecule has 11 rings (SSSR count). The molecule has 0 aliphatic rings. The first-order chi connectivity index (χ1) is 27.7. The van der Waals surface area contributed by atoms with Gasteiger partial charge in [-0.1, -0.05) is 152 Å². The first kappa shape index (κ1) is 32.0. The quantitative estimate of drug-likeness (QED) is 0.171. The van der Waals surface area contributed by atoms with E-state index in [9.17, 15) is 0 Å². The van der Waals surface area contributed by atoms with Crippen molar-refractivity contribution in [3.05, 3.63) is 212 Å². The van der Waals surface area contributed by atoms with E-state index in [0.29, 0.717) is 0 Å². The Hall–Kier alpha value is -7.42. The molecular formula is C54H35NO. The predicted octanol–water partition coefficient (Wildman–Crippen LogP) is 15.5. The molecule has 0 bridgehead atoms. The number of rotatable bonds is 6. The van der Waals surface area contributed by atoms with Crippen LogP contribution in [0.4, 0.5) is 17.1 Å². The topological polar surface area (TPSA) is 16.4 Å². The number of fused-ring (bicyclic) bond motifs is 7. The van der Waals surface area contributed by atoms with Crippen LogP contribution in [-0.4, -0.2) is 0 Å². The molecule has 262 valence electrons. The van der Waals surface area contributed by atoms with Gasteiger partial charge in [0.2, 0.25) is 0 Å². The lowest BCUT2D eigenvalue weighted by Gasteiger charge is -2.26. The summed E-state index contributed by atoms with van der Waals surface area (Å²) in [6.45, 7) is 0. The number of furan rings is 1. The highest BCUT2D eigenvalue weighted by molar-refractivity contribution is 6.19. The Kier molecular flexibility index (Phi) is 7.53. The monoisotopic (exact) mass is 713 g/mol. The van der Waals surface area contributed by atoms with E-state index in [1.54, 1.807) is 0 Å². The van der Waals surface area contributed by atoms with Gasteiger partial charge in [0.25, 0.3) is 0 Å². The highest BCUT2D eigenvalue weighted by Gasteiger charge is 2.20. The average molecular weight is 714 g/mol. The Balaban J connectivity index is 1.03. The van der Waals surface area contributed by atoms with Gasteiger partial charge in [0.05, 0.1) is 11.1 Å². The molecular weight excluding hydrogens is 679 g/mol. The molecule has 0 aliphatic carbocycles. The third-order valence-electron chi connectivity index (χ3n) is 11.2. The minimum atomic E-state index is 0.869. The molecule has 0 saturated heterocycles. The van der Waals surface area contributed by atoms with Crippen LogP contribution in [0.2, 0.25) is 0 Å². The molecule has 1 aromatic heterocycles. The molecule has 0 spiro atoms. The molecule has 1 heterocycles. The van der Waals surface area contributed by atoms with E-state index in [1.807, 2.05) is 0 Å². The van der Waals surface area contributed by atoms with Gasteiger partial charge in [-0.05, 0) is 121 Å². The van der Waals surface area contributed by atoms with Gasteiger partial charge in [-0.3, -0.25) is 0 Å². The Morgan fingerprint density at radius 2 is 0.786 bits per heavy atom. The third kappa shape index (κ3) is 5.51. The second-order valence-electron chi connectivity index (χ2n) is 14.5. The summed E-state index contributed by atoms with van der Waals surface area (Å²) in [6, 6.07) is 76.5. The summed E-state index contributed by atoms with van der Waals surface area (Å²) in [7, 11) is 0. The summed E-state index contributed by atoms with van der Waals surface area (Å²) >= 11 is 0. The summed E-state index contributed by atoms with van der Waals surface area (Å²) in [6.07, 6.45) is 0. The van der Waals surface area contributed by atoms with E-state index in [1.165, 1.54) is 60.3 Å². The van der Waals surface area contributed by atoms with Gasteiger partial charge in [-0.15, -0.1) is 0 Å². The molecule has 11 aromatic rings. The smallest absolute Gasteiger partial charge is 0.143 e. The maximum atomic E-state index is 6.66. The lowest BCUT2D eigenvalue weighted by Crippen LogP contribution is -2.10. The second-order valence-corrected chi connectivity index (χ2v) is 14.5. The third-order valence-corrected chi connectivity index (χ3v) is 11.2. The molecule has 0 radical (unpaired) electrons. The maximum absolute atomic E-state index is 6.66. The maximum Gasteiger partial charge on any atom is 0.143 e. The summed E-state index contributed by atoms with van der Waals surface area (Å²) in [4.78, 5) is 2.37. The zero-order valence-electron chi connectivity index (χ0n) is 30.6. The van der Waals surface area contributed by atoms with Crippen molar-refractivity contribution in [3.8, 4) is 33.4 Å². The Bertz CT molecular complexity index is 3250. The molecule has 0 N–H and O–H groups in total. The van der Waals surface area contributed by atoms with Crippen LogP contribution in [0.3, 0.4) is 0 Å². The van der Waals surface area contributed by atoms with Gasteiger partial charge < -0.3 is 9.32 Å². The van der Waals surface area contributed by atoms with Gasteiger partial charge in [0.1, 0.15) is 11.2 Å². The van der Waals surface area contributed by atoms with Crippen LogP contribution in [0.15, 0.2) is 217 Å². The fourth-order valence-corrected chi connectivity index (χ4v) is 8.37. The number of benzene rings is 10. The highest BCUT2D eigenvalue weighted by atomic mass is 16.3. The standard InChI is InChI=1S/C54H35NO/c1-3-12-41-34-45(21-19-36(41)9-1)39-25-30-48(31-26-39)55(51-17-8-18-52-53(51)50-32-27-40-11-5-6-16-49(40)54(50)56-52)47-28-23-38(24-29-47)43-14-7-15-44(33-43)46-22-20-37-10-2-4-13-42(37)35-46/h1-35H. The zero-order valence-corrected chi connectivity index (χ0v) is 30.6. The van der Waals surface area contributed by atoms with E-state index in [4.69, 9.17) is 4.42 Å². The van der Waals surface area contributed by atoms with Gasteiger partial charge in [-0.25, -0.2) is 0 Å². The molecule has 0 atom stereocenters. The molecule has 0 saturated carbocycles. The van der Waals surface area contributed by atoms with Crippen molar-refractivity contribution in [2.45, 2.75) is 0 Å². The van der Waals surface area contributed by atoms with Crippen LogP contribution in [0.25, 0.3) is 87.6 Å². The van der Waals surface area contributed by atoms with E-state index in [0.717, 1.165) is 44.4 Å². The van der Waals surface area contributed by atoms with Crippen LogP contribution < -0.4 is 4.90 Å². The second kappa shape index (κ2) is 13.2. The van der Waals surface area contributed by atoms with E-state index in [-0.39, 0.29) is 0 Å².